The molecule has 0 radical (unpaired) electrons. The van der Waals surface area contributed by atoms with Crippen LogP contribution < -0.4 is 11.5 Å². The van der Waals surface area contributed by atoms with Gasteiger partial charge in [0.05, 0.1) is 5.54 Å². The van der Waals surface area contributed by atoms with Crippen molar-refractivity contribution in [2.75, 3.05) is 0 Å². The summed E-state index contributed by atoms with van der Waals surface area (Å²) in [6.45, 7) is 0. The zero-order valence-electron chi connectivity index (χ0n) is 11.7. The molecule has 2 aliphatic carbocycles. The van der Waals surface area contributed by atoms with Gasteiger partial charge in [-0.25, -0.2) is 0 Å². The van der Waals surface area contributed by atoms with Crippen molar-refractivity contribution in [2.24, 2.45) is 11.5 Å². The van der Waals surface area contributed by atoms with Crippen LogP contribution in [-0.2, 0) is 17.6 Å². The maximum Gasteiger partial charge on any atom is 0.237 e. The molecule has 0 saturated heterocycles. The SMILES string of the molecule is NC(=O)C1(N)CCCC(Sc2ccc3c(c2)CCC3)C1. The van der Waals surface area contributed by atoms with Crippen molar-refractivity contribution in [1.29, 1.82) is 0 Å². The van der Waals surface area contributed by atoms with E-state index >= 15 is 0 Å². The molecule has 1 fully saturated rings. The van der Waals surface area contributed by atoms with E-state index in [-0.39, 0.29) is 5.91 Å². The average molecular weight is 290 g/mol. The zero-order valence-corrected chi connectivity index (χ0v) is 12.5. The summed E-state index contributed by atoms with van der Waals surface area (Å²) >= 11 is 1.86. The van der Waals surface area contributed by atoms with Crippen LogP contribution in [0.2, 0.25) is 0 Å². The first-order chi connectivity index (χ1) is 9.57. The molecule has 4 N–H and O–H groups in total. The summed E-state index contributed by atoms with van der Waals surface area (Å²) in [5, 5.41) is 0.403. The van der Waals surface area contributed by atoms with E-state index in [0.717, 1.165) is 19.3 Å². The van der Waals surface area contributed by atoms with Crippen LogP contribution in [0.15, 0.2) is 23.1 Å². The number of amides is 1. The van der Waals surface area contributed by atoms with Crippen molar-refractivity contribution < 1.29 is 4.79 Å². The number of primary amides is 1. The summed E-state index contributed by atoms with van der Waals surface area (Å²) in [6, 6.07) is 6.80. The number of hydrogen-bond acceptors (Lipinski definition) is 3. The van der Waals surface area contributed by atoms with Gasteiger partial charge in [0, 0.05) is 10.1 Å². The van der Waals surface area contributed by atoms with Crippen LogP contribution in [0.4, 0.5) is 0 Å². The minimum atomic E-state index is -0.799. The molecule has 0 aromatic heterocycles. The number of carbonyl (C=O) groups excluding carboxylic acids is 1. The van der Waals surface area contributed by atoms with Crippen LogP contribution in [0.25, 0.3) is 0 Å². The Hall–Kier alpha value is -1.00. The fourth-order valence-corrected chi connectivity index (χ4v) is 4.80. The minimum absolute atomic E-state index is 0.350. The first-order valence-corrected chi connectivity index (χ1v) is 8.32. The molecule has 1 saturated carbocycles. The van der Waals surface area contributed by atoms with E-state index in [1.165, 1.54) is 35.3 Å². The molecule has 0 aliphatic heterocycles. The molecule has 2 atom stereocenters. The van der Waals surface area contributed by atoms with Crippen LogP contribution in [-0.4, -0.2) is 16.7 Å². The van der Waals surface area contributed by atoms with Gasteiger partial charge < -0.3 is 11.5 Å². The van der Waals surface area contributed by atoms with E-state index in [4.69, 9.17) is 11.5 Å². The number of hydrogen-bond donors (Lipinski definition) is 2. The highest BCUT2D eigenvalue weighted by atomic mass is 32.2. The van der Waals surface area contributed by atoms with Crippen molar-refractivity contribution in [3.8, 4) is 0 Å². The molecular formula is C16H22N2OS. The summed E-state index contributed by atoms with van der Waals surface area (Å²) in [4.78, 5) is 12.8. The van der Waals surface area contributed by atoms with E-state index < -0.39 is 5.54 Å². The third-order valence-electron chi connectivity index (χ3n) is 4.60. The third-order valence-corrected chi connectivity index (χ3v) is 5.87. The van der Waals surface area contributed by atoms with Crippen molar-refractivity contribution in [2.45, 2.75) is 60.6 Å². The van der Waals surface area contributed by atoms with Crippen LogP contribution in [0, 0.1) is 0 Å². The highest BCUT2D eigenvalue weighted by Crippen LogP contribution is 2.38. The van der Waals surface area contributed by atoms with Crippen LogP contribution >= 0.6 is 11.8 Å². The lowest BCUT2D eigenvalue weighted by Gasteiger charge is -2.35. The molecule has 2 aliphatic rings. The van der Waals surface area contributed by atoms with Gasteiger partial charge in [-0.15, -0.1) is 11.8 Å². The number of fused-ring (bicyclic) bond motifs is 1. The van der Waals surface area contributed by atoms with Crippen molar-refractivity contribution in [1.82, 2.24) is 0 Å². The maximum atomic E-state index is 11.5. The molecule has 1 aromatic carbocycles. The molecular weight excluding hydrogens is 268 g/mol. The van der Waals surface area contributed by atoms with E-state index in [9.17, 15) is 4.79 Å². The molecule has 0 bridgehead atoms. The van der Waals surface area contributed by atoms with Gasteiger partial charge in [0.2, 0.25) is 5.91 Å². The number of rotatable bonds is 3. The number of aryl methyl sites for hydroxylation is 2. The molecule has 2 unspecified atom stereocenters. The largest absolute Gasteiger partial charge is 0.368 e. The average Bonchev–Trinajstić information content (AvgIpc) is 2.86. The van der Waals surface area contributed by atoms with Gasteiger partial charge in [-0.3, -0.25) is 4.79 Å². The monoisotopic (exact) mass is 290 g/mol. The van der Waals surface area contributed by atoms with Crippen molar-refractivity contribution in [3.05, 3.63) is 29.3 Å². The zero-order chi connectivity index (χ0) is 14.2. The van der Waals surface area contributed by atoms with E-state index in [1.807, 2.05) is 11.8 Å². The third kappa shape index (κ3) is 2.72. The Morgan fingerprint density at radius 3 is 2.85 bits per heavy atom. The normalized spacial score (nSPS) is 29.1. The topological polar surface area (TPSA) is 69.1 Å². The van der Waals surface area contributed by atoms with Gasteiger partial charge in [-0.2, -0.15) is 0 Å². The lowest BCUT2D eigenvalue weighted by Crippen LogP contribution is -2.55. The van der Waals surface area contributed by atoms with Gasteiger partial charge in [-0.1, -0.05) is 6.07 Å². The second-order valence-corrected chi connectivity index (χ2v) is 7.51. The predicted octanol–water partition coefficient (Wildman–Crippen LogP) is 2.39. The smallest absolute Gasteiger partial charge is 0.237 e. The molecule has 3 nitrogen and oxygen atoms in total. The van der Waals surface area contributed by atoms with Crippen LogP contribution in [0.1, 0.15) is 43.2 Å². The molecule has 1 aromatic rings. The summed E-state index contributed by atoms with van der Waals surface area (Å²) in [6.07, 6.45) is 7.23. The molecule has 0 heterocycles. The first kappa shape index (κ1) is 14.0. The molecule has 20 heavy (non-hydrogen) atoms. The summed E-state index contributed by atoms with van der Waals surface area (Å²) in [5.74, 6) is -0.350. The Labute approximate surface area is 124 Å². The first-order valence-electron chi connectivity index (χ1n) is 7.44. The van der Waals surface area contributed by atoms with E-state index in [0.29, 0.717) is 11.7 Å². The number of nitrogens with two attached hydrogens (primary N) is 2. The summed E-state index contributed by atoms with van der Waals surface area (Å²) in [5.41, 5.74) is 13.8. The minimum Gasteiger partial charge on any atom is -0.368 e. The number of benzene rings is 1. The Kier molecular flexibility index (Phi) is 3.78. The maximum absolute atomic E-state index is 11.5. The van der Waals surface area contributed by atoms with Crippen molar-refractivity contribution in [3.63, 3.8) is 0 Å². The Morgan fingerprint density at radius 2 is 2.05 bits per heavy atom. The summed E-state index contributed by atoms with van der Waals surface area (Å²) < 4.78 is 0. The Bertz CT molecular complexity index is 531. The fourth-order valence-electron chi connectivity index (χ4n) is 3.39. The molecule has 0 spiro atoms. The quantitative estimate of drug-likeness (QED) is 0.898. The molecule has 4 heteroatoms. The number of carbonyl (C=O) groups is 1. The van der Waals surface area contributed by atoms with Gasteiger partial charge in [-0.05, 0) is 68.2 Å². The van der Waals surface area contributed by atoms with Gasteiger partial charge >= 0.3 is 0 Å². The summed E-state index contributed by atoms with van der Waals surface area (Å²) in [7, 11) is 0. The molecule has 1 amide bonds. The lowest BCUT2D eigenvalue weighted by atomic mass is 9.82. The highest BCUT2D eigenvalue weighted by Gasteiger charge is 2.38. The van der Waals surface area contributed by atoms with Crippen LogP contribution in [0.3, 0.4) is 0 Å². The Balaban J connectivity index is 1.70. The number of thioether (sulfide) groups is 1. The van der Waals surface area contributed by atoms with Gasteiger partial charge in [0.25, 0.3) is 0 Å². The van der Waals surface area contributed by atoms with Crippen molar-refractivity contribution >= 4 is 17.7 Å². The van der Waals surface area contributed by atoms with Gasteiger partial charge in [0.15, 0.2) is 0 Å². The van der Waals surface area contributed by atoms with Gasteiger partial charge in [0.1, 0.15) is 0 Å². The van der Waals surface area contributed by atoms with E-state index in [1.54, 1.807) is 0 Å². The fraction of sp³-hybridized carbons (Fsp3) is 0.562. The predicted molar refractivity (Wildman–Crippen MR) is 82.7 cm³/mol. The molecule has 108 valence electrons. The highest BCUT2D eigenvalue weighted by molar-refractivity contribution is 8.00. The molecule has 3 rings (SSSR count). The van der Waals surface area contributed by atoms with E-state index in [2.05, 4.69) is 18.2 Å². The Morgan fingerprint density at radius 1 is 1.25 bits per heavy atom. The standard InChI is InChI=1S/C16H22N2OS/c17-15(19)16(18)8-2-5-14(10-16)20-13-7-6-11-3-1-4-12(11)9-13/h6-7,9,14H,1-5,8,10,18H2,(H2,17,19). The lowest BCUT2D eigenvalue weighted by molar-refractivity contribution is -0.124. The second kappa shape index (κ2) is 5.41. The second-order valence-electron chi connectivity index (χ2n) is 6.14. The van der Waals surface area contributed by atoms with Crippen LogP contribution in [0.5, 0.6) is 0 Å².